The molecule has 0 unspecified atom stereocenters. The van der Waals surface area contributed by atoms with Gasteiger partial charge in [-0.2, -0.15) is 0 Å². The van der Waals surface area contributed by atoms with Gasteiger partial charge in [-0.3, -0.25) is 4.79 Å². The van der Waals surface area contributed by atoms with E-state index in [1.54, 1.807) is 0 Å². The van der Waals surface area contributed by atoms with Crippen LogP contribution < -0.4 is 5.32 Å². The van der Waals surface area contributed by atoms with Crippen molar-refractivity contribution in [1.82, 2.24) is 0 Å². The maximum Gasteiger partial charge on any atom is 0.338 e. The van der Waals surface area contributed by atoms with Crippen molar-refractivity contribution >= 4 is 33.5 Å². The van der Waals surface area contributed by atoms with Crippen molar-refractivity contribution in [3.05, 3.63) is 52.1 Å². The minimum absolute atomic E-state index is 0.122. The molecule has 5 nitrogen and oxygen atoms in total. The van der Waals surface area contributed by atoms with Crippen LogP contribution in [0.5, 0.6) is 0 Å². The summed E-state index contributed by atoms with van der Waals surface area (Å²) in [6, 6.07) is 4.86. The average Bonchev–Trinajstić information content (AvgIpc) is 2.82. The van der Waals surface area contributed by atoms with Crippen molar-refractivity contribution in [2.45, 2.75) is 0 Å². The van der Waals surface area contributed by atoms with E-state index in [4.69, 9.17) is 9.52 Å². The lowest BCUT2D eigenvalue weighted by molar-refractivity contribution is 0.0696. The smallest absolute Gasteiger partial charge is 0.338 e. The molecule has 1 amide bonds. The van der Waals surface area contributed by atoms with Gasteiger partial charge in [-0.1, -0.05) is 0 Å². The first-order valence-electron chi connectivity index (χ1n) is 5.05. The molecule has 7 heteroatoms. The van der Waals surface area contributed by atoms with Crippen LogP contribution in [0.25, 0.3) is 0 Å². The quantitative estimate of drug-likeness (QED) is 0.907. The summed E-state index contributed by atoms with van der Waals surface area (Å²) in [6.45, 7) is 0. The Balaban J connectivity index is 2.18. The molecule has 2 aromatic rings. The maximum atomic E-state index is 12.9. The average molecular weight is 328 g/mol. The summed E-state index contributed by atoms with van der Waals surface area (Å²) in [4.78, 5) is 22.4. The Kier molecular flexibility index (Phi) is 3.66. The molecule has 0 aliphatic heterocycles. The van der Waals surface area contributed by atoms with Gasteiger partial charge in [0, 0.05) is 10.5 Å². The second-order valence-corrected chi connectivity index (χ2v) is 4.44. The van der Waals surface area contributed by atoms with Gasteiger partial charge in [-0.25, -0.2) is 9.18 Å². The van der Waals surface area contributed by atoms with Crippen molar-refractivity contribution in [3.8, 4) is 0 Å². The topological polar surface area (TPSA) is 79.5 Å². The number of carboxylic acids is 1. The number of anilines is 1. The summed E-state index contributed by atoms with van der Waals surface area (Å²) in [5.74, 6) is -2.41. The number of hydrogen-bond acceptors (Lipinski definition) is 3. The van der Waals surface area contributed by atoms with Gasteiger partial charge in [-0.05, 0) is 34.1 Å². The molecule has 0 atom stereocenters. The minimum atomic E-state index is -1.19. The number of carboxylic acid groups (broad SMARTS) is 1. The number of carbonyl (C=O) groups excluding carboxylic acids is 1. The number of hydrogen-bond donors (Lipinski definition) is 2. The molecule has 98 valence electrons. The number of aromatic carboxylic acids is 1. The van der Waals surface area contributed by atoms with Crippen molar-refractivity contribution in [3.63, 3.8) is 0 Å². The van der Waals surface area contributed by atoms with Crippen molar-refractivity contribution < 1.29 is 23.5 Å². The third-order valence-corrected chi connectivity index (χ3v) is 2.91. The zero-order valence-electron chi connectivity index (χ0n) is 9.31. The van der Waals surface area contributed by atoms with Gasteiger partial charge < -0.3 is 14.8 Å². The van der Waals surface area contributed by atoms with E-state index in [1.807, 2.05) is 0 Å². The molecule has 1 aromatic carbocycles. The van der Waals surface area contributed by atoms with Crippen LogP contribution in [0, 0.1) is 5.82 Å². The van der Waals surface area contributed by atoms with Crippen molar-refractivity contribution in [2.24, 2.45) is 0 Å². The number of halogens is 2. The minimum Gasteiger partial charge on any atom is -0.478 e. The molecule has 0 radical (unpaired) electrons. The highest BCUT2D eigenvalue weighted by Gasteiger charge is 2.15. The van der Waals surface area contributed by atoms with Crippen LogP contribution in [-0.4, -0.2) is 17.0 Å². The van der Waals surface area contributed by atoms with E-state index < -0.39 is 17.7 Å². The molecule has 19 heavy (non-hydrogen) atoms. The van der Waals surface area contributed by atoms with E-state index in [-0.39, 0.29) is 11.3 Å². The zero-order chi connectivity index (χ0) is 14.0. The third-order valence-electron chi connectivity index (χ3n) is 2.25. The van der Waals surface area contributed by atoms with Gasteiger partial charge in [0.1, 0.15) is 12.1 Å². The lowest BCUT2D eigenvalue weighted by Crippen LogP contribution is -2.11. The number of amides is 1. The predicted octanol–water partition coefficient (Wildman–Crippen LogP) is 3.13. The zero-order valence-corrected chi connectivity index (χ0v) is 10.9. The van der Waals surface area contributed by atoms with E-state index >= 15 is 0 Å². The Morgan fingerprint density at radius 3 is 2.63 bits per heavy atom. The number of furan rings is 1. The first kappa shape index (κ1) is 13.3. The maximum absolute atomic E-state index is 12.9. The molecule has 0 saturated carbocycles. The highest BCUT2D eigenvalue weighted by molar-refractivity contribution is 9.10. The highest BCUT2D eigenvalue weighted by atomic mass is 79.9. The van der Waals surface area contributed by atoms with Crippen LogP contribution in [0.15, 0.2) is 39.4 Å². The largest absolute Gasteiger partial charge is 0.478 e. The fourth-order valence-electron chi connectivity index (χ4n) is 1.34. The highest BCUT2D eigenvalue weighted by Crippen LogP contribution is 2.23. The summed E-state index contributed by atoms with van der Waals surface area (Å²) in [6.07, 6.45) is 0.969. The summed E-state index contributed by atoms with van der Waals surface area (Å²) >= 11 is 3.10. The number of carbonyl (C=O) groups is 2. The molecule has 2 N–H and O–H groups in total. The molecule has 1 heterocycles. The van der Waals surface area contributed by atoms with Crippen molar-refractivity contribution in [2.75, 3.05) is 5.32 Å². The molecular formula is C12H7BrFNO4. The fourth-order valence-corrected chi connectivity index (χ4v) is 1.79. The number of benzene rings is 1. The van der Waals surface area contributed by atoms with Crippen molar-refractivity contribution in [1.29, 1.82) is 0 Å². The summed E-state index contributed by atoms with van der Waals surface area (Å²) in [5, 5.41) is 11.2. The van der Waals surface area contributed by atoms with Gasteiger partial charge in [-0.15, -0.1) is 0 Å². The van der Waals surface area contributed by atoms with E-state index in [1.165, 1.54) is 18.2 Å². The van der Waals surface area contributed by atoms with E-state index in [0.29, 0.717) is 10.2 Å². The Morgan fingerprint density at radius 1 is 1.32 bits per heavy atom. The number of rotatable bonds is 3. The Morgan fingerprint density at radius 2 is 2.05 bits per heavy atom. The molecule has 0 aliphatic carbocycles. The molecular weight excluding hydrogens is 321 g/mol. The first-order chi connectivity index (χ1) is 8.97. The molecule has 0 bridgehead atoms. The second-order valence-electron chi connectivity index (χ2n) is 3.58. The Bertz CT molecular complexity index is 653. The Hall–Kier alpha value is -2.15. The molecule has 0 spiro atoms. The van der Waals surface area contributed by atoms with E-state index in [0.717, 1.165) is 12.3 Å². The Labute approximate surface area is 115 Å². The third kappa shape index (κ3) is 3.00. The van der Waals surface area contributed by atoms with Crippen LogP contribution in [0.3, 0.4) is 0 Å². The normalized spacial score (nSPS) is 10.2. The van der Waals surface area contributed by atoms with E-state index in [2.05, 4.69) is 21.2 Å². The van der Waals surface area contributed by atoms with E-state index in [9.17, 15) is 14.0 Å². The molecule has 0 saturated heterocycles. The molecule has 1 aromatic heterocycles. The SMILES string of the molecule is O=C(O)c1coc(C(=O)Nc2ccc(F)cc2Br)c1. The number of nitrogens with one attached hydrogen (secondary N) is 1. The molecule has 2 rings (SSSR count). The second kappa shape index (κ2) is 5.23. The lowest BCUT2D eigenvalue weighted by atomic mass is 10.3. The van der Waals surface area contributed by atoms with Gasteiger partial charge >= 0.3 is 5.97 Å². The summed E-state index contributed by atoms with van der Waals surface area (Å²) in [5.41, 5.74) is 0.225. The lowest BCUT2D eigenvalue weighted by Gasteiger charge is -2.05. The van der Waals surface area contributed by atoms with Gasteiger partial charge in [0.2, 0.25) is 0 Å². The first-order valence-corrected chi connectivity index (χ1v) is 5.85. The van der Waals surface area contributed by atoms with Crippen LogP contribution in [-0.2, 0) is 0 Å². The monoisotopic (exact) mass is 327 g/mol. The van der Waals surface area contributed by atoms with Crippen LogP contribution in [0.4, 0.5) is 10.1 Å². The molecule has 0 aliphatic rings. The summed E-state index contributed by atoms with van der Waals surface area (Å²) < 4.78 is 18.1. The fraction of sp³-hybridized carbons (Fsp3) is 0. The standard InChI is InChI=1S/C12H7BrFNO4/c13-8-4-7(14)1-2-9(8)15-11(16)10-3-6(5-19-10)12(17)18/h1-5H,(H,15,16)(H,17,18). The van der Waals surface area contributed by atoms with Crippen LogP contribution >= 0.6 is 15.9 Å². The van der Waals surface area contributed by atoms with Gasteiger partial charge in [0.05, 0.1) is 11.3 Å². The van der Waals surface area contributed by atoms with Gasteiger partial charge in [0.25, 0.3) is 5.91 Å². The van der Waals surface area contributed by atoms with Crippen LogP contribution in [0.1, 0.15) is 20.9 Å². The molecule has 0 fully saturated rings. The van der Waals surface area contributed by atoms with Gasteiger partial charge in [0.15, 0.2) is 5.76 Å². The summed E-state index contributed by atoms with van der Waals surface area (Å²) in [7, 11) is 0. The predicted molar refractivity (Wildman–Crippen MR) is 67.7 cm³/mol. The van der Waals surface area contributed by atoms with Crippen LogP contribution in [0.2, 0.25) is 0 Å².